The molecule has 2 heterocycles. The Morgan fingerprint density at radius 3 is 3.00 bits per heavy atom. The summed E-state index contributed by atoms with van der Waals surface area (Å²) in [6.07, 6.45) is 3.93. The third kappa shape index (κ3) is 2.78. The summed E-state index contributed by atoms with van der Waals surface area (Å²) in [5.74, 6) is -2.04. The topological polar surface area (TPSA) is 38.1 Å². The quantitative estimate of drug-likeness (QED) is 0.866. The number of rotatable bonds is 3. The molecule has 3 nitrogen and oxygen atoms in total. The van der Waals surface area contributed by atoms with Crippen molar-refractivity contribution in [1.82, 2.24) is 10.3 Å². The zero-order chi connectivity index (χ0) is 11.6. The Bertz CT molecular complexity index is 340. The van der Waals surface area contributed by atoms with E-state index in [4.69, 9.17) is 4.42 Å². The number of nitrogens with zero attached hydrogens (tertiary/aromatic N) is 1. The minimum absolute atomic E-state index is 0.272. The van der Waals surface area contributed by atoms with Gasteiger partial charge < -0.3 is 9.73 Å². The molecule has 0 radical (unpaired) electrons. The standard InChI is InChI=1S/C11H16F2N2O/c1-11(12,13)9-7-16-10(15-9)5-8-3-2-4-14-6-8/h7-8,14H,2-6H2,1H3. The molecule has 0 spiro atoms. The molecule has 0 saturated carbocycles. The molecule has 1 N–H and O–H groups in total. The summed E-state index contributed by atoms with van der Waals surface area (Å²) < 4.78 is 30.9. The lowest BCUT2D eigenvalue weighted by molar-refractivity contribution is 0.0126. The molecule has 16 heavy (non-hydrogen) atoms. The first-order valence-electron chi connectivity index (χ1n) is 5.59. The van der Waals surface area contributed by atoms with E-state index in [1.807, 2.05) is 0 Å². The van der Waals surface area contributed by atoms with Gasteiger partial charge in [0.2, 0.25) is 0 Å². The maximum absolute atomic E-state index is 12.9. The number of alkyl halides is 2. The van der Waals surface area contributed by atoms with Crippen molar-refractivity contribution in [3.8, 4) is 0 Å². The van der Waals surface area contributed by atoms with Crippen LogP contribution in [0.25, 0.3) is 0 Å². The van der Waals surface area contributed by atoms with Crippen molar-refractivity contribution < 1.29 is 13.2 Å². The Balaban J connectivity index is 1.97. The summed E-state index contributed by atoms with van der Waals surface area (Å²) in [5, 5.41) is 3.27. The SMILES string of the molecule is CC(F)(F)c1coc(CC2CCCNC2)n1. The predicted octanol–water partition coefficient (Wildman–Crippen LogP) is 2.33. The maximum atomic E-state index is 12.9. The average molecular weight is 230 g/mol. The van der Waals surface area contributed by atoms with Crippen LogP contribution in [0.1, 0.15) is 31.4 Å². The van der Waals surface area contributed by atoms with Crippen LogP contribution in [0.15, 0.2) is 10.7 Å². The molecule has 1 aromatic heterocycles. The van der Waals surface area contributed by atoms with E-state index in [1.54, 1.807) is 0 Å². The van der Waals surface area contributed by atoms with Crippen LogP contribution in [0.3, 0.4) is 0 Å². The van der Waals surface area contributed by atoms with Gasteiger partial charge in [0.15, 0.2) is 5.89 Å². The van der Waals surface area contributed by atoms with E-state index in [9.17, 15) is 8.78 Å². The molecule has 1 atom stereocenters. The van der Waals surface area contributed by atoms with Crippen LogP contribution >= 0.6 is 0 Å². The molecular weight excluding hydrogens is 214 g/mol. The first-order valence-corrected chi connectivity index (χ1v) is 5.59. The van der Waals surface area contributed by atoms with Crippen molar-refractivity contribution in [2.45, 2.75) is 32.1 Å². The maximum Gasteiger partial charge on any atom is 0.290 e. The second kappa shape index (κ2) is 4.49. The van der Waals surface area contributed by atoms with E-state index < -0.39 is 5.92 Å². The van der Waals surface area contributed by atoms with Crippen molar-refractivity contribution in [2.24, 2.45) is 5.92 Å². The number of nitrogens with one attached hydrogen (secondary N) is 1. The highest BCUT2D eigenvalue weighted by atomic mass is 19.3. The second-order valence-electron chi connectivity index (χ2n) is 4.43. The van der Waals surface area contributed by atoms with Gasteiger partial charge in [-0.1, -0.05) is 0 Å². The van der Waals surface area contributed by atoms with Gasteiger partial charge in [-0.25, -0.2) is 4.98 Å². The van der Waals surface area contributed by atoms with Gasteiger partial charge in [0.1, 0.15) is 12.0 Å². The third-order valence-corrected chi connectivity index (χ3v) is 2.86. The summed E-state index contributed by atoms with van der Waals surface area (Å²) in [5.41, 5.74) is -0.272. The van der Waals surface area contributed by atoms with Crippen molar-refractivity contribution >= 4 is 0 Å². The molecule has 0 amide bonds. The molecule has 0 aliphatic carbocycles. The van der Waals surface area contributed by atoms with Crippen molar-refractivity contribution in [2.75, 3.05) is 13.1 Å². The highest BCUT2D eigenvalue weighted by Crippen LogP contribution is 2.26. The van der Waals surface area contributed by atoms with Crippen LogP contribution < -0.4 is 5.32 Å². The van der Waals surface area contributed by atoms with Gasteiger partial charge in [0, 0.05) is 13.3 Å². The Morgan fingerprint density at radius 2 is 2.44 bits per heavy atom. The highest BCUT2D eigenvalue weighted by Gasteiger charge is 2.29. The summed E-state index contributed by atoms with van der Waals surface area (Å²) in [4.78, 5) is 3.83. The molecule has 1 aliphatic heterocycles. The fourth-order valence-electron chi connectivity index (χ4n) is 1.95. The van der Waals surface area contributed by atoms with E-state index in [0.717, 1.165) is 39.1 Å². The smallest absolute Gasteiger partial charge is 0.290 e. The summed E-state index contributed by atoms with van der Waals surface area (Å²) >= 11 is 0. The van der Waals surface area contributed by atoms with Crippen LogP contribution in [0.5, 0.6) is 0 Å². The second-order valence-corrected chi connectivity index (χ2v) is 4.43. The number of hydrogen-bond acceptors (Lipinski definition) is 3. The van der Waals surface area contributed by atoms with Crippen LogP contribution in [0.2, 0.25) is 0 Å². The van der Waals surface area contributed by atoms with Gasteiger partial charge in [-0.3, -0.25) is 0 Å². The normalized spacial score (nSPS) is 22.3. The lowest BCUT2D eigenvalue weighted by Crippen LogP contribution is -2.30. The molecule has 1 unspecified atom stereocenters. The van der Waals surface area contributed by atoms with Crippen LogP contribution in [0, 0.1) is 5.92 Å². The number of piperidine rings is 1. The van der Waals surface area contributed by atoms with Crippen molar-refractivity contribution in [3.63, 3.8) is 0 Å². The molecule has 1 fully saturated rings. The third-order valence-electron chi connectivity index (χ3n) is 2.86. The Morgan fingerprint density at radius 1 is 1.62 bits per heavy atom. The molecule has 1 aromatic rings. The fourth-order valence-corrected chi connectivity index (χ4v) is 1.95. The molecule has 1 aliphatic rings. The summed E-state index contributed by atoms with van der Waals surface area (Å²) in [7, 11) is 0. The lowest BCUT2D eigenvalue weighted by atomic mass is 9.96. The minimum Gasteiger partial charge on any atom is -0.448 e. The van der Waals surface area contributed by atoms with E-state index in [0.29, 0.717) is 18.2 Å². The number of hydrogen-bond donors (Lipinski definition) is 1. The average Bonchev–Trinajstić information content (AvgIpc) is 2.67. The van der Waals surface area contributed by atoms with E-state index in [2.05, 4.69) is 10.3 Å². The monoisotopic (exact) mass is 230 g/mol. The molecule has 0 bridgehead atoms. The molecule has 5 heteroatoms. The Labute approximate surface area is 93.2 Å². The van der Waals surface area contributed by atoms with Gasteiger partial charge in [0.05, 0.1) is 0 Å². The van der Waals surface area contributed by atoms with Gasteiger partial charge in [-0.05, 0) is 31.8 Å². The lowest BCUT2D eigenvalue weighted by Gasteiger charge is -2.21. The molecular formula is C11H16F2N2O. The van der Waals surface area contributed by atoms with Gasteiger partial charge in [0.25, 0.3) is 5.92 Å². The van der Waals surface area contributed by atoms with Gasteiger partial charge >= 0.3 is 0 Å². The predicted molar refractivity (Wildman–Crippen MR) is 55.4 cm³/mol. The largest absolute Gasteiger partial charge is 0.448 e. The van der Waals surface area contributed by atoms with Crippen LogP contribution in [0.4, 0.5) is 8.78 Å². The van der Waals surface area contributed by atoms with Crippen molar-refractivity contribution in [1.29, 1.82) is 0 Å². The van der Waals surface area contributed by atoms with Crippen LogP contribution in [-0.2, 0) is 12.3 Å². The first-order chi connectivity index (χ1) is 7.55. The molecule has 0 aromatic carbocycles. The van der Waals surface area contributed by atoms with E-state index >= 15 is 0 Å². The Kier molecular flexibility index (Phi) is 3.23. The molecule has 2 rings (SSSR count). The molecule has 1 saturated heterocycles. The minimum atomic E-state index is -2.91. The zero-order valence-electron chi connectivity index (χ0n) is 9.30. The van der Waals surface area contributed by atoms with Crippen LogP contribution in [-0.4, -0.2) is 18.1 Å². The number of aromatic nitrogens is 1. The van der Waals surface area contributed by atoms with E-state index in [1.165, 1.54) is 0 Å². The Hall–Kier alpha value is -0.970. The fraction of sp³-hybridized carbons (Fsp3) is 0.727. The number of halogens is 2. The number of oxazole rings is 1. The molecule has 90 valence electrons. The van der Waals surface area contributed by atoms with Gasteiger partial charge in [-0.15, -0.1) is 0 Å². The first kappa shape index (κ1) is 11.5. The summed E-state index contributed by atoms with van der Waals surface area (Å²) in [6.45, 7) is 2.79. The van der Waals surface area contributed by atoms with E-state index in [-0.39, 0.29) is 5.69 Å². The zero-order valence-corrected chi connectivity index (χ0v) is 9.30. The summed E-state index contributed by atoms with van der Waals surface area (Å²) in [6, 6.07) is 0. The van der Waals surface area contributed by atoms with Crippen molar-refractivity contribution in [3.05, 3.63) is 17.8 Å². The van der Waals surface area contributed by atoms with Gasteiger partial charge in [-0.2, -0.15) is 8.78 Å². The highest BCUT2D eigenvalue weighted by molar-refractivity contribution is 5.03.